The number of para-hydroxylation sites is 1. The molecule has 124 valence electrons. The van der Waals surface area contributed by atoms with Crippen LogP contribution in [0.5, 0.6) is 0 Å². The van der Waals surface area contributed by atoms with Gasteiger partial charge in [0.25, 0.3) is 0 Å². The van der Waals surface area contributed by atoms with Gasteiger partial charge in [-0.15, -0.1) is 0 Å². The second-order valence-electron chi connectivity index (χ2n) is 6.44. The number of carboxylic acid groups (broad SMARTS) is 1. The fraction of sp³-hybridized carbons (Fsp3) is 0.250. The van der Waals surface area contributed by atoms with Crippen LogP contribution in [0.3, 0.4) is 0 Å². The van der Waals surface area contributed by atoms with E-state index in [1.807, 2.05) is 30.5 Å². The molecule has 3 N–H and O–H groups in total. The lowest BCUT2D eigenvalue weighted by Gasteiger charge is -2.09. The van der Waals surface area contributed by atoms with Crippen LogP contribution in [0.15, 0.2) is 54.7 Å². The minimum Gasteiger partial charge on any atom is -0.480 e. The molecule has 1 heterocycles. The van der Waals surface area contributed by atoms with Gasteiger partial charge in [-0.2, -0.15) is 0 Å². The van der Waals surface area contributed by atoms with E-state index >= 15 is 0 Å². The summed E-state index contributed by atoms with van der Waals surface area (Å²) in [4.78, 5) is 11.3. The molecule has 2 aromatic carbocycles. The predicted molar refractivity (Wildman–Crippen MR) is 96.1 cm³/mol. The van der Waals surface area contributed by atoms with Crippen LogP contribution in [0.4, 0.5) is 0 Å². The van der Waals surface area contributed by atoms with Crippen LogP contribution in [0.1, 0.15) is 42.5 Å². The Morgan fingerprint density at radius 3 is 2.42 bits per heavy atom. The maximum Gasteiger partial charge on any atom is 0.325 e. The fourth-order valence-corrected chi connectivity index (χ4v) is 2.99. The molecule has 0 amide bonds. The summed E-state index contributed by atoms with van der Waals surface area (Å²) in [5, 5.41) is 10.1. The summed E-state index contributed by atoms with van der Waals surface area (Å²) in [6.45, 7) is 5.04. The zero-order valence-electron chi connectivity index (χ0n) is 13.9. The first-order valence-corrected chi connectivity index (χ1v) is 8.12. The number of aromatic nitrogens is 1. The quantitative estimate of drug-likeness (QED) is 0.748. The molecule has 4 nitrogen and oxygen atoms in total. The van der Waals surface area contributed by atoms with E-state index < -0.39 is 12.0 Å². The molecule has 3 aromatic rings. The lowest BCUT2D eigenvalue weighted by molar-refractivity contribution is -0.138. The van der Waals surface area contributed by atoms with E-state index in [-0.39, 0.29) is 0 Å². The van der Waals surface area contributed by atoms with Gasteiger partial charge in [-0.1, -0.05) is 56.3 Å². The van der Waals surface area contributed by atoms with Gasteiger partial charge < -0.3 is 15.4 Å². The van der Waals surface area contributed by atoms with E-state index in [1.165, 1.54) is 11.1 Å². The molecule has 1 atom stereocenters. The van der Waals surface area contributed by atoms with E-state index in [0.717, 1.165) is 10.9 Å². The Hall–Kier alpha value is -2.59. The van der Waals surface area contributed by atoms with Gasteiger partial charge in [0.05, 0.1) is 0 Å². The van der Waals surface area contributed by atoms with Crippen molar-refractivity contribution >= 4 is 16.9 Å². The third-order valence-electron chi connectivity index (χ3n) is 4.42. The number of benzene rings is 2. The number of carboxylic acids is 1. The molecule has 0 saturated carbocycles. The first kappa shape index (κ1) is 16.3. The second kappa shape index (κ2) is 6.49. The molecule has 0 saturated heterocycles. The van der Waals surface area contributed by atoms with Gasteiger partial charge in [0.2, 0.25) is 0 Å². The van der Waals surface area contributed by atoms with Gasteiger partial charge in [-0.05, 0) is 23.1 Å². The third kappa shape index (κ3) is 3.05. The van der Waals surface area contributed by atoms with Crippen LogP contribution < -0.4 is 5.73 Å². The molecule has 0 bridgehead atoms. The summed E-state index contributed by atoms with van der Waals surface area (Å²) in [5.41, 5.74) is 9.98. The average Bonchev–Trinajstić information content (AvgIpc) is 2.93. The van der Waals surface area contributed by atoms with Crippen molar-refractivity contribution in [3.8, 4) is 0 Å². The molecule has 0 fully saturated rings. The smallest absolute Gasteiger partial charge is 0.325 e. The highest BCUT2D eigenvalue weighted by Crippen LogP contribution is 2.26. The summed E-state index contributed by atoms with van der Waals surface area (Å²) >= 11 is 0. The molecule has 4 heteroatoms. The van der Waals surface area contributed by atoms with Crippen LogP contribution >= 0.6 is 0 Å². The largest absolute Gasteiger partial charge is 0.480 e. The van der Waals surface area contributed by atoms with E-state index in [9.17, 15) is 9.90 Å². The van der Waals surface area contributed by atoms with Gasteiger partial charge in [0.15, 0.2) is 0 Å². The van der Waals surface area contributed by atoms with Crippen LogP contribution in [0, 0.1) is 0 Å². The number of fused-ring (bicyclic) bond motifs is 1. The Morgan fingerprint density at radius 1 is 1.12 bits per heavy atom. The van der Waals surface area contributed by atoms with Crippen molar-refractivity contribution in [2.45, 2.75) is 32.4 Å². The molecule has 1 aromatic heterocycles. The monoisotopic (exact) mass is 322 g/mol. The minimum absolute atomic E-state index is 0.506. The Balaban J connectivity index is 1.99. The van der Waals surface area contributed by atoms with Crippen molar-refractivity contribution in [2.75, 3.05) is 0 Å². The Morgan fingerprint density at radius 2 is 1.79 bits per heavy atom. The molecule has 0 aliphatic rings. The minimum atomic E-state index is -1.01. The SMILES string of the molecule is CC(C)c1ccc(Cn2cc(C(N)C(=O)O)c3ccccc32)cc1. The standard InChI is InChI=1S/C20H22N2O2/c1-13(2)15-9-7-14(8-10-15)11-22-12-17(19(21)20(23)24)16-5-3-4-6-18(16)22/h3-10,12-13,19H,11,21H2,1-2H3,(H,23,24). The predicted octanol–water partition coefficient (Wildman–Crippen LogP) is 3.90. The van der Waals surface area contributed by atoms with Crippen molar-refractivity contribution in [1.82, 2.24) is 4.57 Å². The van der Waals surface area contributed by atoms with Gasteiger partial charge in [0, 0.05) is 29.2 Å². The van der Waals surface area contributed by atoms with Crippen molar-refractivity contribution in [3.63, 3.8) is 0 Å². The number of hydrogen-bond donors (Lipinski definition) is 2. The van der Waals surface area contributed by atoms with Crippen LogP contribution in [-0.2, 0) is 11.3 Å². The summed E-state index contributed by atoms with van der Waals surface area (Å²) < 4.78 is 2.07. The maximum absolute atomic E-state index is 11.3. The highest BCUT2D eigenvalue weighted by Gasteiger charge is 2.20. The zero-order chi connectivity index (χ0) is 17.3. The van der Waals surface area contributed by atoms with Gasteiger partial charge in [0.1, 0.15) is 6.04 Å². The molecule has 0 radical (unpaired) electrons. The van der Waals surface area contributed by atoms with E-state index in [4.69, 9.17) is 5.73 Å². The fourth-order valence-electron chi connectivity index (χ4n) is 2.99. The van der Waals surface area contributed by atoms with Gasteiger partial charge >= 0.3 is 5.97 Å². The normalized spacial score (nSPS) is 12.7. The molecular weight excluding hydrogens is 300 g/mol. The summed E-state index contributed by atoms with van der Waals surface area (Å²) in [6.07, 6.45) is 1.86. The number of hydrogen-bond acceptors (Lipinski definition) is 2. The molecule has 0 aliphatic heterocycles. The highest BCUT2D eigenvalue weighted by molar-refractivity contribution is 5.89. The molecule has 3 rings (SSSR count). The Labute approximate surface area is 141 Å². The molecule has 0 spiro atoms. The van der Waals surface area contributed by atoms with Crippen molar-refractivity contribution in [2.24, 2.45) is 5.73 Å². The number of nitrogens with two attached hydrogens (primary N) is 1. The summed E-state index contributed by atoms with van der Waals surface area (Å²) in [7, 11) is 0. The topological polar surface area (TPSA) is 68.2 Å². The van der Waals surface area contributed by atoms with Crippen LogP contribution in [-0.4, -0.2) is 15.6 Å². The van der Waals surface area contributed by atoms with Crippen LogP contribution in [0.2, 0.25) is 0 Å². The van der Waals surface area contributed by atoms with Gasteiger partial charge in [-0.25, -0.2) is 0 Å². The number of nitrogens with zero attached hydrogens (tertiary/aromatic N) is 1. The maximum atomic E-state index is 11.3. The van der Waals surface area contributed by atoms with E-state index in [0.29, 0.717) is 18.0 Å². The van der Waals surface area contributed by atoms with Crippen molar-refractivity contribution < 1.29 is 9.90 Å². The Kier molecular flexibility index (Phi) is 4.40. The first-order valence-electron chi connectivity index (χ1n) is 8.12. The summed E-state index contributed by atoms with van der Waals surface area (Å²) in [5.74, 6) is -0.509. The van der Waals surface area contributed by atoms with E-state index in [2.05, 4.69) is 42.7 Å². The molecule has 1 unspecified atom stereocenters. The lowest BCUT2D eigenvalue weighted by atomic mass is 10.0. The lowest BCUT2D eigenvalue weighted by Crippen LogP contribution is -2.20. The molecular formula is C20H22N2O2. The molecule has 0 aliphatic carbocycles. The zero-order valence-corrected chi connectivity index (χ0v) is 13.9. The van der Waals surface area contributed by atoms with Crippen molar-refractivity contribution in [3.05, 3.63) is 71.4 Å². The molecule has 24 heavy (non-hydrogen) atoms. The van der Waals surface area contributed by atoms with E-state index in [1.54, 1.807) is 0 Å². The first-order chi connectivity index (χ1) is 11.5. The Bertz CT molecular complexity index is 863. The highest BCUT2D eigenvalue weighted by atomic mass is 16.4. The van der Waals surface area contributed by atoms with Gasteiger partial charge in [-0.3, -0.25) is 4.79 Å². The van der Waals surface area contributed by atoms with Crippen LogP contribution in [0.25, 0.3) is 10.9 Å². The average molecular weight is 322 g/mol. The third-order valence-corrected chi connectivity index (χ3v) is 4.42. The second-order valence-corrected chi connectivity index (χ2v) is 6.44. The number of aliphatic carboxylic acids is 1. The number of rotatable bonds is 5. The number of carbonyl (C=O) groups is 1. The van der Waals surface area contributed by atoms with Crippen molar-refractivity contribution in [1.29, 1.82) is 0 Å². The summed E-state index contributed by atoms with van der Waals surface area (Å²) in [6, 6.07) is 15.3.